The Labute approximate surface area is 194 Å². The minimum absolute atomic E-state index is 0.101. The summed E-state index contributed by atoms with van der Waals surface area (Å²) in [5.74, 6) is 2.22. The lowest BCUT2D eigenvalue weighted by molar-refractivity contribution is 0.414. The molecule has 0 aliphatic heterocycles. The van der Waals surface area contributed by atoms with Crippen LogP contribution in [0.1, 0.15) is 11.4 Å². The first kappa shape index (κ1) is 21.0. The van der Waals surface area contributed by atoms with E-state index >= 15 is 0 Å². The van der Waals surface area contributed by atoms with Gasteiger partial charge in [-0.2, -0.15) is 0 Å². The summed E-state index contributed by atoms with van der Waals surface area (Å²) in [4.78, 5) is 17.4. The molecule has 5 aromatic rings. The van der Waals surface area contributed by atoms with Gasteiger partial charge >= 0.3 is 0 Å². The van der Waals surface area contributed by atoms with E-state index in [0.717, 1.165) is 27.9 Å². The fourth-order valence-corrected chi connectivity index (χ4v) is 4.50. The minimum Gasteiger partial charge on any atom is -0.497 e. The fraction of sp³-hybridized carbons (Fsp3) is 0.120. The van der Waals surface area contributed by atoms with Gasteiger partial charge in [-0.15, -0.1) is 10.2 Å². The molecule has 5 rings (SSSR count). The molecular formula is C25H21N5O2S. The summed E-state index contributed by atoms with van der Waals surface area (Å²) in [5.41, 5.74) is 2.67. The van der Waals surface area contributed by atoms with Crippen molar-refractivity contribution in [2.24, 2.45) is 0 Å². The number of methoxy groups -OCH3 is 1. The Morgan fingerprint density at radius 1 is 0.909 bits per heavy atom. The predicted octanol–water partition coefficient (Wildman–Crippen LogP) is 4.33. The third-order valence-electron chi connectivity index (χ3n) is 5.29. The van der Waals surface area contributed by atoms with E-state index in [1.54, 1.807) is 35.8 Å². The summed E-state index contributed by atoms with van der Waals surface area (Å²) < 4.78 is 8.81. The van der Waals surface area contributed by atoms with Crippen molar-refractivity contribution in [1.29, 1.82) is 0 Å². The Morgan fingerprint density at radius 2 is 1.67 bits per heavy atom. The SMILES string of the molecule is COc1ccc(CSc2nnc(Cn3cnc4ccccc4c3=O)n2-c2ccccc2)cc1. The number of rotatable bonds is 7. The van der Waals surface area contributed by atoms with Gasteiger partial charge < -0.3 is 4.74 Å². The van der Waals surface area contributed by atoms with Crippen LogP contribution in [0.15, 0.2) is 95.1 Å². The third kappa shape index (κ3) is 4.38. The van der Waals surface area contributed by atoms with Crippen molar-refractivity contribution in [2.45, 2.75) is 17.5 Å². The molecule has 0 radical (unpaired) electrons. The van der Waals surface area contributed by atoms with E-state index in [1.165, 1.54) is 0 Å². The van der Waals surface area contributed by atoms with Gasteiger partial charge in [0.2, 0.25) is 0 Å². The average Bonchev–Trinajstić information content (AvgIpc) is 3.28. The molecule has 2 heterocycles. The fourth-order valence-electron chi connectivity index (χ4n) is 3.57. The molecule has 0 saturated carbocycles. The van der Waals surface area contributed by atoms with E-state index in [-0.39, 0.29) is 12.1 Å². The lowest BCUT2D eigenvalue weighted by atomic mass is 10.2. The molecule has 3 aromatic carbocycles. The zero-order chi connectivity index (χ0) is 22.6. The Bertz CT molecular complexity index is 1450. The normalized spacial score (nSPS) is 11.1. The summed E-state index contributed by atoms with van der Waals surface area (Å²) >= 11 is 1.59. The number of thioether (sulfide) groups is 1. The van der Waals surface area contributed by atoms with Crippen LogP contribution < -0.4 is 10.3 Å². The first-order valence-corrected chi connectivity index (χ1v) is 11.4. The van der Waals surface area contributed by atoms with Crippen LogP contribution >= 0.6 is 11.8 Å². The molecule has 0 aliphatic rings. The number of para-hydroxylation sites is 2. The Balaban J connectivity index is 1.48. The highest BCUT2D eigenvalue weighted by atomic mass is 32.2. The molecule has 0 fully saturated rings. The molecule has 33 heavy (non-hydrogen) atoms. The number of ether oxygens (including phenoxy) is 1. The summed E-state index contributed by atoms with van der Waals surface area (Å²) in [7, 11) is 1.66. The maximum Gasteiger partial charge on any atom is 0.261 e. The van der Waals surface area contributed by atoms with Crippen molar-refractivity contribution in [2.75, 3.05) is 7.11 Å². The van der Waals surface area contributed by atoms with Gasteiger partial charge in [-0.3, -0.25) is 13.9 Å². The van der Waals surface area contributed by atoms with Gasteiger partial charge in [0, 0.05) is 11.4 Å². The average molecular weight is 456 g/mol. The molecule has 0 atom stereocenters. The third-order valence-corrected chi connectivity index (χ3v) is 6.29. The molecule has 0 spiro atoms. The van der Waals surface area contributed by atoms with E-state index in [9.17, 15) is 4.79 Å². The van der Waals surface area contributed by atoms with E-state index in [2.05, 4.69) is 15.2 Å². The van der Waals surface area contributed by atoms with Gasteiger partial charge in [0.25, 0.3) is 5.56 Å². The Hall–Kier alpha value is -3.91. The van der Waals surface area contributed by atoms with Crippen molar-refractivity contribution in [1.82, 2.24) is 24.3 Å². The second-order valence-corrected chi connectivity index (χ2v) is 8.34. The summed E-state index contributed by atoms with van der Waals surface area (Å²) in [6, 6.07) is 25.2. The molecule has 164 valence electrons. The summed E-state index contributed by atoms with van der Waals surface area (Å²) in [6.45, 7) is 0.266. The maximum absolute atomic E-state index is 13.0. The Morgan fingerprint density at radius 3 is 2.45 bits per heavy atom. The maximum atomic E-state index is 13.0. The van der Waals surface area contributed by atoms with Crippen LogP contribution in [-0.2, 0) is 12.3 Å². The van der Waals surface area contributed by atoms with Crippen molar-refractivity contribution >= 4 is 22.7 Å². The minimum atomic E-state index is -0.101. The van der Waals surface area contributed by atoms with Crippen LogP contribution in [0.2, 0.25) is 0 Å². The molecule has 0 saturated heterocycles. The first-order chi connectivity index (χ1) is 16.2. The highest BCUT2D eigenvalue weighted by Gasteiger charge is 2.16. The van der Waals surface area contributed by atoms with Gasteiger partial charge in [-0.1, -0.05) is 54.2 Å². The second kappa shape index (κ2) is 9.30. The van der Waals surface area contributed by atoms with E-state index < -0.39 is 0 Å². The van der Waals surface area contributed by atoms with Gasteiger partial charge in [0.15, 0.2) is 11.0 Å². The molecule has 8 heteroatoms. The first-order valence-electron chi connectivity index (χ1n) is 10.4. The largest absolute Gasteiger partial charge is 0.497 e. The quantitative estimate of drug-likeness (QED) is 0.340. The van der Waals surface area contributed by atoms with E-state index in [0.29, 0.717) is 16.7 Å². The highest BCUT2D eigenvalue weighted by molar-refractivity contribution is 7.98. The zero-order valence-corrected chi connectivity index (χ0v) is 18.8. The smallest absolute Gasteiger partial charge is 0.261 e. The van der Waals surface area contributed by atoms with Crippen LogP contribution in [0.25, 0.3) is 16.6 Å². The molecule has 0 bridgehead atoms. The van der Waals surface area contributed by atoms with Crippen LogP contribution in [0, 0.1) is 0 Å². The van der Waals surface area contributed by atoms with Crippen LogP contribution in [0.4, 0.5) is 0 Å². The van der Waals surface area contributed by atoms with Crippen LogP contribution in [0.3, 0.4) is 0 Å². The standard InChI is InChI=1S/C25H21N5O2S/c1-32-20-13-11-18(12-14-20)16-33-25-28-27-23(30(25)19-7-3-2-4-8-19)15-29-17-26-22-10-6-5-9-21(22)24(29)31/h2-14,17H,15-16H2,1H3. The van der Waals surface area contributed by atoms with Crippen LogP contribution in [0.5, 0.6) is 5.75 Å². The van der Waals surface area contributed by atoms with E-state index in [4.69, 9.17) is 4.74 Å². The van der Waals surface area contributed by atoms with E-state index in [1.807, 2.05) is 77.4 Å². The monoisotopic (exact) mass is 455 g/mol. The number of nitrogens with zero attached hydrogens (tertiary/aromatic N) is 5. The summed E-state index contributed by atoms with van der Waals surface area (Å²) in [6.07, 6.45) is 1.57. The molecule has 0 unspecified atom stereocenters. The van der Waals surface area contributed by atoms with Gasteiger partial charge in [-0.25, -0.2) is 4.98 Å². The number of hydrogen-bond acceptors (Lipinski definition) is 6. The number of aromatic nitrogens is 5. The zero-order valence-electron chi connectivity index (χ0n) is 18.0. The molecular weight excluding hydrogens is 434 g/mol. The number of fused-ring (bicyclic) bond motifs is 1. The predicted molar refractivity (Wildman–Crippen MR) is 129 cm³/mol. The second-order valence-electron chi connectivity index (χ2n) is 7.40. The van der Waals surface area contributed by atoms with Crippen molar-refractivity contribution < 1.29 is 4.74 Å². The van der Waals surface area contributed by atoms with Crippen LogP contribution in [-0.4, -0.2) is 31.4 Å². The Kier molecular flexibility index (Phi) is 5.91. The molecule has 7 nitrogen and oxygen atoms in total. The lowest BCUT2D eigenvalue weighted by Crippen LogP contribution is -2.22. The van der Waals surface area contributed by atoms with Crippen molar-refractivity contribution in [3.63, 3.8) is 0 Å². The molecule has 0 aliphatic carbocycles. The van der Waals surface area contributed by atoms with Gasteiger partial charge in [0.05, 0.1) is 30.9 Å². The topological polar surface area (TPSA) is 74.8 Å². The van der Waals surface area contributed by atoms with Crippen molar-refractivity contribution in [3.8, 4) is 11.4 Å². The lowest BCUT2D eigenvalue weighted by Gasteiger charge is -2.11. The number of benzene rings is 3. The molecule has 0 amide bonds. The van der Waals surface area contributed by atoms with Crippen molar-refractivity contribution in [3.05, 3.63) is 107 Å². The highest BCUT2D eigenvalue weighted by Crippen LogP contribution is 2.26. The van der Waals surface area contributed by atoms with Gasteiger partial charge in [-0.05, 0) is 42.0 Å². The summed E-state index contributed by atoms with van der Waals surface area (Å²) in [5, 5.41) is 10.2. The number of hydrogen-bond donors (Lipinski definition) is 0. The molecule has 0 N–H and O–H groups in total. The van der Waals surface area contributed by atoms with Gasteiger partial charge in [0.1, 0.15) is 5.75 Å². The molecule has 2 aromatic heterocycles.